The molecule has 0 aromatic heterocycles. The van der Waals surface area contributed by atoms with E-state index in [4.69, 9.17) is 0 Å². The Hall–Kier alpha value is -1.27. The minimum atomic E-state index is -3.74. The molecule has 1 fully saturated rings. The monoisotopic (exact) mass is 356 g/mol. The number of halogens is 1. The smallest absolute Gasteiger partial charge is 0.212 e. The lowest BCUT2D eigenvalue weighted by Crippen LogP contribution is -2.27. The summed E-state index contributed by atoms with van der Waals surface area (Å²) in [7, 11) is -3.74. The van der Waals surface area contributed by atoms with E-state index in [0.717, 1.165) is 0 Å². The average Bonchev–Trinajstić information content (AvgIpc) is 2.67. The molecule has 0 heterocycles. The van der Waals surface area contributed by atoms with Crippen molar-refractivity contribution < 1.29 is 18.0 Å². The lowest BCUT2D eigenvalue weighted by Gasteiger charge is -2.16. The van der Waals surface area contributed by atoms with Gasteiger partial charge in [-0.2, -0.15) is 0 Å². The normalized spacial score (nSPS) is 19.4. The molecule has 0 bridgehead atoms. The first-order valence-corrected chi connectivity index (χ1v) is 8.31. The highest BCUT2D eigenvalue weighted by atomic mass is 79.9. The van der Waals surface area contributed by atoms with E-state index in [-0.39, 0.29) is 33.1 Å². The molecule has 4 nitrogen and oxygen atoms in total. The first-order chi connectivity index (χ1) is 9.28. The van der Waals surface area contributed by atoms with E-state index in [2.05, 4.69) is 15.9 Å². The van der Waals surface area contributed by atoms with Crippen LogP contribution in [0.1, 0.15) is 19.8 Å². The van der Waals surface area contributed by atoms with Crippen LogP contribution in [0, 0.1) is 5.41 Å². The molecule has 1 saturated carbocycles. The van der Waals surface area contributed by atoms with Gasteiger partial charge < -0.3 is 0 Å². The molecule has 1 aromatic carbocycles. The van der Waals surface area contributed by atoms with Crippen LogP contribution in [-0.4, -0.2) is 20.0 Å². The van der Waals surface area contributed by atoms with Gasteiger partial charge in [-0.25, -0.2) is 8.42 Å². The van der Waals surface area contributed by atoms with Gasteiger partial charge in [0.05, 0.1) is 4.90 Å². The summed E-state index contributed by atoms with van der Waals surface area (Å²) in [5.74, 6) is -0.495. The summed E-state index contributed by atoms with van der Waals surface area (Å²) >= 11 is 3.01. The van der Waals surface area contributed by atoms with E-state index < -0.39 is 15.3 Å². The first kappa shape index (κ1) is 15.1. The average molecular weight is 357 g/mol. The second-order valence-corrected chi connectivity index (χ2v) is 8.11. The molecule has 0 unspecified atom stereocenters. The Bertz CT molecular complexity index is 673. The number of carbonyl (C=O) groups is 2. The number of rotatable bonds is 3. The number of hydrogen-bond donors (Lipinski definition) is 0. The largest absolute Gasteiger partial charge is 0.298 e. The molecule has 0 atom stereocenters. The lowest BCUT2D eigenvalue weighted by molar-refractivity contribution is -0.130. The van der Waals surface area contributed by atoms with Crippen LogP contribution < -0.4 is 0 Å². The molecular formula is C14H13BrO4S. The van der Waals surface area contributed by atoms with Gasteiger partial charge in [-0.3, -0.25) is 9.59 Å². The molecule has 0 radical (unpaired) electrons. The Balaban J connectivity index is 2.46. The number of carbonyl (C=O) groups excluding carboxylic acids is 2. The van der Waals surface area contributed by atoms with Gasteiger partial charge in [-0.15, -0.1) is 0 Å². The lowest BCUT2D eigenvalue weighted by atomic mass is 9.87. The van der Waals surface area contributed by atoms with Crippen LogP contribution >= 0.6 is 15.9 Å². The Morgan fingerprint density at radius 2 is 1.65 bits per heavy atom. The van der Waals surface area contributed by atoms with Gasteiger partial charge in [-0.05, 0) is 41.1 Å². The summed E-state index contributed by atoms with van der Waals surface area (Å²) in [6.07, 6.45) is 1.54. The molecule has 0 aliphatic heterocycles. The number of hydrogen-bond acceptors (Lipinski definition) is 4. The number of Topliss-reactive ketones (excluding diaryl/α,β-unsaturated/α-hetero) is 2. The molecule has 106 valence electrons. The maximum absolute atomic E-state index is 12.3. The molecule has 0 N–H and O–H groups in total. The molecule has 1 aromatic rings. The van der Waals surface area contributed by atoms with Crippen molar-refractivity contribution in [1.29, 1.82) is 0 Å². The van der Waals surface area contributed by atoms with Gasteiger partial charge in [0, 0.05) is 12.8 Å². The summed E-state index contributed by atoms with van der Waals surface area (Å²) in [5.41, 5.74) is -1.35. The van der Waals surface area contributed by atoms with Gasteiger partial charge in [0.1, 0.15) is 20.8 Å². The fourth-order valence-corrected chi connectivity index (χ4v) is 4.23. The van der Waals surface area contributed by atoms with Crippen molar-refractivity contribution in [2.24, 2.45) is 5.41 Å². The van der Waals surface area contributed by atoms with Crippen LogP contribution in [0.2, 0.25) is 0 Å². The predicted molar refractivity (Wildman–Crippen MR) is 78.0 cm³/mol. The number of sulfone groups is 1. The Morgan fingerprint density at radius 1 is 1.15 bits per heavy atom. The van der Waals surface area contributed by atoms with Crippen molar-refractivity contribution in [3.05, 3.63) is 40.2 Å². The summed E-state index contributed by atoms with van der Waals surface area (Å²) in [6, 6.07) is 7.86. The van der Waals surface area contributed by atoms with E-state index in [1.807, 2.05) is 0 Å². The standard InChI is InChI=1S/C14H13BrO4S/c1-14(11(16)7-8-12(14)17)9-13(15)20(18,19)10-5-3-2-4-6-10/h2-6,9H,7-8H2,1H3/b13-9+. The Labute approximate surface area is 125 Å². The van der Waals surface area contributed by atoms with Crippen LogP contribution in [-0.2, 0) is 19.4 Å². The zero-order chi connectivity index (χ0) is 15.0. The van der Waals surface area contributed by atoms with E-state index >= 15 is 0 Å². The molecule has 0 saturated heterocycles. The molecule has 1 aliphatic rings. The summed E-state index contributed by atoms with van der Waals surface area (Å²) in [5, 5.41) is 0. The predicted octanol–water partition coefficient (Wildman–Crippen LogP) is 2.63. The molecule has 0 amide bonds. The zero-order valence-corrected chi connectivity index (χ0v) is 13.2. The summed E-state index contributed by atoms with van der Waals surface area (Å²) < 4.78 is 24.5. The van der Waals surface area contributed by atoms with Gasteiger partial charge in [0.15, 0.2) is 0 Å². The van der Waals surface area contributed by atoms with Crippen LogP contribution in [0.15, 0.2) is 45.1 Å². The molecule has 6 heteroatoms. The highest BCUT2D eigenvalue weighted by Gasteiger charge is 2.44. The van der Waals surface area contributed by atoms with Gasteiger partial charge in [-0.1, -0.05) is 18.2 Å². The highest BCUT2D eigenvalue weighted by Crippen LogP contribution is 2.36. The Kier molecular flexibility index (Phi) is 3.97. The van der Waals surface area contributed by atoms with E-state index in [1.54, 1.807) is 18.2 Å². The van der Waals surface area contributed by atoms with Crippen LogP contribution in [0.5, 0.6) is 0 Å². The van der Waals surface area contributed by atoms with Crippen LogP contribution in [0.4, 0.5) is 0 Å². The third-order valence-electron chi connectivity index (χ3n) is 3.45. The number of allylic oxidation sites excluding steroid dienone is 1. The van der Waals surface area contributed by atoms with Crippen molar-refractivity contribution in [3.8, 4) is 0 Å². The Morgan fingerprint density at radius 3 is 2.15 bits per heavy atom. The quantitative estimate of drug-likeness (QED) is 0.780. The molecule has 20 heavy (non-hydrogen) atoms. The summed E-state index contributed by atoms with van der Waals surface area (Å²) in [4.78, 5) is 23.8. The third kappa shape index (κ3) is 2.50. The van der Waals surface area contributed by atoms with Crippen molar-refractivity contribution in [3.63, 3.8) is 0 Å². The summed E-state index contributed by atoms with van der Waals surface area (Å²) in [6.45, 7) is 1.46. The second kappa shape index (κ2) is 5.26. The van der Waals surface area contributed by atoms with E-state index in [0.29, 0.717) is 0 Å². The minimum Gasteiger partial charge on any atom is -0.298 e. The molecular weight excluding hydrogens is 344 g/mol. The second-order valence-electron chi connectivity index (χ2n) is 4.81. The van der Waals surface area contributed by atoms with E-state index in [9.17, 15) is 18.0 Å². The van der Waals surface area contributed by atoms with Crippen LogP contribution in [0.3, 0.4) is 0 Å². The number of benzene rings is 1. The minimum absolute atomic E-state index is 0.115. The van der Waals surface area contributed by atoms with Crippen molar-refractivity contribution >= 4 is 37.3 Å². The molecule has 2 rings (SSSR count). The maximum atomic E-state index is 12.3. The maximum Gasteiger partial charge on any atom is 0.212 e. The molecule has 0 spiro atoms. The van der Waals surface area contributed by atoms with E-state index in [1.165, 1.54) is 25.1 Å². The topological polar surface area (TPSA) is 68.3 Å². The molecule has 1 aliphatic carbocycles. The third-order valence-corrected chi connectivity index (χ3v) is 6.48. The van der Waals surface area contributed by atoms with Gasteiger partial charge >= 0.3 is 0 Å². The fraction of sp³-hybridized carbons (Fsp3) is 0.286. The van der Waals surface area contributed by atoms with Crippen molar-refractivity contribution in [2.45, 2.75) is 24.7 Å². The first-order valence-electron chi connectivity index (χ1n) is 6.03. The highest BCUT2D eigenvalue weighted by molar-refractivity contribution is 9.13. The van der Waals surface area contributed by atoms with Gasteiger partial charge in [0.25, 0.3) is 0 Å². The van der Waals surface area contributed by atoms with Gasteiger partial charge in [0.2, 0.25) is 9.84 Å². The fourth-order valence-electron chi connectivity index (χ4n) is 2.08. The van der Waals surface area contributed by atoms with Crippen molar-refractivity contribution in [1.82, 2.24) is 0 Å². The zero-order valence-electron chi connectivity index (χ0n) is 10.8. The van der Waals surface area contributed by atoms with Crippen molar-refractivity contribution in [2.75, 3.05) is 0 Å². The van der Waals surface area contributed by atoms with Crippen LogP contribution in [0.25, 0.3) is 0 Å². The number of ketones is 2. The SMILES string of the molecule is CC1(/C=C(\Br)S(=O)(=O)c2ccccc2)C(=O)CCC1=O.